The summed E-state index contributed by atoms with van der Waals surface area (Å²) in [6, 6.07) is 0. The van der Waals surface area contributed by atoms with E-state index in [2.05, 4.69) is 0 Å². The van der Waals surface area contributed by atoms with Crippen LogP contribution in [0.1, 0.15) is 20.3 Å². The van der Waals surface area contributed by atoms with E-state index in [4.69, 9.17) is 9.47 Å². The van der Waals surface area contributed by atoms with Crippen LogP contribution in [0, 0.1) is 23.7 Å². The predicted octanol–water partition coefficient (Wildman–Crippen LogP) is 0.0676. The molecule has 0 radical (unpaired) electrons. The molecule has 1 saturated heterocycles. The number of carbonyl (C=O) groups excluding carboxylic acids is 2. The molecule has 6 nitrogen and oxygen atoms in total. The SMILES string of the molecule is COC1(C)CC(O)C2C(C)C(=O)OC2C2C(CO)=CC(=O)C21. The third kappa shape index (κ3) is 1.97. The number of aliphatic hydroxyl groups is 2. The molecule has 0 aromatic rings. The number of allylic oxidation sites excluding steroid dienone is 1. The van der Waals surface area contributed by atoms with E-state index in [0.29, 0.717) is 5.57 Å². The van der Waals surface area contributed by atoms with Crippen LogP contribution in [0.3, 0.4) is 0 Å². The van der Waals surface area contributed by atoms with Crippen LogP contribution < -0.4 is 0 Å². The van der Waals surface area contributed by atoms with Gasteiger partial charge in [0, 0.05) is 25.4 Å². The molecule has 6 heteroatoms. The molecule has 1 saturated carbocycles. The first-order valence-corrected chi connectivity index (χ1v) is 7.63. The molecule has 3 rings (SSSR count). The topological polar surface area (TPSA) is 93.1 Å². The minimum Gasteiger partial charge on any atom is -0.461 e. The number of esters is 1. The van der Waals surface area contributed by atoms with Gasteiger partial charge in [0.1, 0.15) is 6.10 Å². The zero-order valence-electron chi connectivity index (χ0n) is 13.0. The normalized spacial score (nSPS) is 47.6. The molecule has 22 heavy (non-hydrogen) atoms. The first-order chi connectivity index (χ1) is 10.3. The summed E-state index contributed by atoms with van der Waals surface area (Å²) in [5.74, 6) is -2.30. The van der Waals surface area contributed by atoms with Gasteiger partial charge in [-0.1, -0.05) is 6.92 Å². The van der Waals surface area contributed by atoms with Crippen LogP contribution in [0.15, 0.2) is 11.6 Å². The molecular formula is C16H22O6. The highest BCUT2D eigenvalue weighted by Crippen LogP contribution is 2.52. The summed E-state index contributed by atoms with van der Waals surface area (Å²) in [6.45, 7) is 3.27. The van der Waals surface area contributed by atoms with Crippen LogP contribution in [0.4, 0.5) is 0 Å². The zero-order valence-corrected chi connectivity index (χ0v) is 13.0. The number of carbonyl (C=O) groups is 2. The van der Waals surface area contributed by atoms with Crippen LogP contribution in [0.25, 0.3) is 0 Å². The lowest BCUT2D eigenvalue weighted by Gasteiger charge is -2.36. The van der Waals surface area contributed by atoms with E-state index in [9.17, 15) is 19.8 Å². The van der Waals surface area contributed by atoms with Crippen molar-refractivity contribution in [1.82, 2.24) is 0 Å². The minimum absolute atomic E-state index is 0.137. The van der Waals surface area contributed by atoms with Crippen molar-refractivity contribution >= 4 is 11.8 Å². The van der Waals surface area contributed by atoms with E-state index in [1.807, 2.05) is 0 Å². The van der Waals surface area contributed by atoms with Crippen molar-refractivity contribution in [3.63, 3.8) is 0 Å². The molecule has 2 N–H and O–H groups in total. The fraction of sp³-hybridized carbons (Fsp3) is 0.750. The number of ketones is 1. The number of methoxy groups -OCH3 is 1. The second-order valence-electron chi connectivity index (χ2n) is 6.84. The Morgan fingerprint density at radius 3 is 2.73 bits per heavy atom. The lowest BCUT2D eigenvalue weighted by atomic mass is 9.75. The largest absolute Gasteiger partial charge is 0.461 e. The van der Waals surface area contributed by atoms with Crippen LogP contribution in [-0.2, 0) is 19.1 Å². The fourth-order valence-corrected chi connectivity index (χ4v) is 4.51. The number of ether oxygens (including phenoxy) is 2. The predicted molar refractivity (Wildman–Crippen MR) is 75.7 cm³/mol. The Hall–Kier alpha value is -1.24. The summed E-state index contributed by atoms with van der Waals surface area (Å²) in [5, 5.41) is 20.2. The van der Waals surface area contributed by atoms with Gasteiger partial charge in [0.05, 0.1) is 30.1 Å². The second kappa shape index (κ2) is 5.15. The summed E-state index contributed by atoms with van der Waals surface area (Å²) in [7, 11) is 1.52. The van der Waals surface area contributed by atoms with Gasteiger partial charge in [-0.3, -0.25) is 9.59 Å². The highest BCUT2D eigenvalue weighted by molar-refractivity contribution is 5.97. The fourth-order valence-electron chi connectivity index (χ4n) is 4.51. The average Bonchev–Trinajstić information content (AvgIpc) is 2.93. The molecule has 1 heterocycles. The van der Waals surface area contributed by atoms with Gasteiger partial charge in [0.15, 0.2) is 5.78 Å². The Kier molecular flexibility index (Phi) is 3.66. The quantitative estimate of drug-likeness (QED) is 0.701. The summed E-state index contributed by atoms with van der Waals surface area (Å²) >= 11 is 0. The van der Waals surface area contributed by atoms with Gasteiger partial charge in [-0.25, -0.2) is 0 Å². The Labute approximate surface area is 129 Å². The molecule has 2 fully saturated rings. The molecular weight excluding hydrogens is 288 g/mol. The maximum atomic E-state index is 12.5. The van der Waals surface area contributed by atoms with Gasteiger partial charge < -0.3 is 19.7 Å². The monoisotopic (exact) mass is 310 g/mol. The van der Waals surface area contributed by atoms with E-state index in [-0.39, 0.29) is 24.8 Å². The van der Waals surface area contributed by atoms with Crippen LogP contribution in [0.5, 0.6) is 0 Å². The highest BCUT2D eigenvalue weighted by atomic mass is 16.6. The summed E-state index contributed by atoms with van der Waals surface area (Å²) in [6.07, 6.45) is 0.308. The summed E-state index contributed by atoms with van der Waals surface area (Å²) in [5.41, 5.74) is -0.297. The smallest absolute Gasteiger partial charge is 0.309 e. The molecule has 0 bridgehead atoms. The van der Waals surface area contributed by atoms with E-state index in [1.54, 1.807) is 13.8 Å². The van der Waals surface area contributed by atoms with Crippen LogP contribution in [-0.4, -0.2) is 53.5 Å². The number of aliphatic hydroxyl groups excluding tert-OH is 2. The minimum atomic E-state index is -0.856. The third-order valence-corrected chi connectivity index (χ3v) is 5.72. The van der Waals surface area contributed by atoms with Crippen molar-refractivity contribution in [1.29, 1.82) is 0 Å². The zero-order chi connectivity index (χ0) is 16.2. The Bertz CT molecular complexity index is 541. The molecule has 0 aromatic heterocycles. The van der Waals surface area contributed by atoms with Gasteiger partial charge >= 0.3 is 5.97 Å². The van der Waals surface area contributed by atoms with Crippen molar-refractivity contribution in [2.45, 2.75) is 38.1 Å². The second-order valence-corrected chi connectivity index (χ2v) is 6.84. The maximum Gasteiger partial charge on any atom is 0.309 e. The number of hydrogen-bond acceptors (Lipinski definition) is 6. The summed E-state index contributed by atoms with van der Waals surface area (Å²) < 4.78 is 11.1. The standard InChI is InChI=1S/C16H22O6/c1-7-11-10(19)5-16(2,21-3)13-9(18)4-8(6-17)12(13)14(11)22-15(7)20/h4,7,10-14,17,19H,5-6H2,1-3H3. The molecule has 2 aliphatic carbocycles. The average molecular weight is 310 g/mol. The van der Waals surface area contributed by atoms with E-state index >= 15 is 0 Å². The lowest BCUT2D eigenvalue weighted by molar-refractivity contribution is -0.150. The molecule has 3 aliphatic rings. The van der Waals surface area contributed by atoms with Gasteiger partial charge in [-0.2, -0.15) is 0 Å². The van der Waals surface area contributed by atoms with Crippen molar-refractivity contribution in [2.75, 3.05) is 13.7 Å². The molecule has 1 aliphatic heterocycles. The molecule has 0 spiro atoms. The van der Waals surface area contributed by atoms with E-state index in [1.165, 1.54) is 13.2 Å². The van der Waals surface area contributed by atoms with Crippen molar-refractivity contribution in [3.8, 4) is 0 Å². The Balaban J connectivity index is 2.11. The Morgan fingerprint density at radius 2 is 2.14 bits per heavy atom. The molecule has 7 unspecified atom stereocenters. The Morgan fingerprint density at radius 1 is 1.45 bits per heavy atom. The molecule has 0 aromatic carbocycles. The first-order valence-electron chi connectivity index (χ1n) is 7.63. The molecule has 0 amide bonds. The number of fused-ring (bicyclic) bond motifs is 3. The van der Waals surface area contributed by atoms with Crippen molar-refractivity contribution < 1.29 is 29.3 Å². The van der Waals surface area contributed by atoms with Crippen molar-refractivity contribution in [2.24, 2.45) is 23.7 Å². The number of hydrogen-bond donors (Lipinski definition) is 2. The van der Waals surface area contributed by atoms with Gasteiger partial charge in [-0.05, 0) is 18.6 Å². The van der Waals surface area contributed by atoms with E-state index in [0.717, 1.165) is 0 Å². The molecule has 7 atom stereocenters. The van der Waals surface area contributed by atoms with Gasteiger partial charge in [0.25, 0.3) is 0 Å². The van der Waals surface area contributed by atoms with Crippen LogP contribution >= 0.6 is 0 Å². The summed E-state index contributed by atoms with van der Waals surface area (Å²) in [4.78, 5) is 24.4. The number of rotatable bonds is 2. The first kappa shape index (κ1) is 15.6. The van der Waals surface area contributed by atoms with Gasteiger partial charge in [0.2, 0.25) is 0 Å². The van der Waals surface area contributed by atoms with Gasteiger partial charge in [-0.15, -0.1) is 0 Å². The highest BCUT2D eigenvalue weighted by Gasteiger charge is 2.61. The van der Waals surface area contributed by atoms with E-state index < -0.39 is 41.5 Å². The maximum absolute atomic E-state index is 12.5. The lowest BCUT2D eigenvalue weighted by Crippen LogP contribution is -2.45. The van der Waals surface area contributed by atoms with Crippen molar-refractivity contribution in [3.05, 3.63) is 11.6 Å². The van der Waals surface area contributed by atoms with Crippen LogP contribution in [0.2, 0.25) is 0 Å². The third-order valence-electron chi connectivity index (χ3n) is 5.72. The molecule has 122 valence electrons.